The lowest BCUT2D eigenvalue weighted by Gasteiger charge is -2.11. The molecule has 0 N–H and O–H groups in total. The summed E-state index contributed by atoms with van der Waals surface area (Å²) in [6, 6.07) is 23.4. The monoisotopic (exact) mass is 270 g/mol. The van der Waals surface area contributed by atoms with Gasteiger partial charge < -0.3 is 0 Å². The predicted molar refractivity (Wildman–Crippen MR) is 87.3 cm³/mol. The zero-order valence-corrected chi connectivity index (χ0v) is 12.0. The lowest BCUT2D eigenvalue weighted by Crippen LogP contribution is -1.97. The van der Waals surface area contributed by atoms with Gasteiger partial charge in [-0.15, -0.1) is 0 Å². The Bertz CT molecular complexity index is 803. The molecule has 0 unspecified atom stereocenters. The van der Waals surface area contributed by atoms with Crippen LogP contribution in [0.4, 0.5) is 11.4 Å². The van der Waals surface area contributed by atoms with Crippen molar-refractivity contribution in [2.24, 2.45) is 0 Å². The Hall–Kier alpha value is -2.54. The smallest absolute Gasteiger partial charge is 0.0754 e. The van der Waals surface area contributed by atoms with E-state index in [2.05, 4.69) is 73.7 Å². The third kappa shape index (κ3) is 2.02. The molecule has 1 nitrogen and oxygen atoms in total. The number of nitrogens with zero attached hydrogens (tertiary/aromatic N) is 1. The van der Waals surface area contributed by atoms with E-state index < -0.39 is 0 Å². The molecule has 0 aromatic heterocycles. The van der Waals surface area contributed by atoms with Crippen molar-refractivity contribution in [1.82, 2.24) is 5.32 Å². The molecule has 4 rings (SSSR count). The van der Waals surface area contributed by atoms with E-state index in [9.17, 15) is 0 Å². The lowest BCUT2D eigenvalue weighted by molar-refractivity contribution is 1.11. The van der Waals surface area contributed by atoms with Crippen LogP contribution in [0, 0.1) is 6.92 Å². The summed E-state index contributed by atoms with van der Waals surface area (Å²) >= 11 is 0. The number of hydrogen-bond acceptors (Lipinski definition) is 0. The number of benzene rings is 3. The molecule has 1 radical (unpaired) electrons. The second-order valence-electron chi connectivity index (χ2n) is 5.55. The van der Waals surface area contributed by atoms with Gasteiger partial charge in [0.05, 0.1) is 11.4 Å². The SMILES string of the molecule is Cc1ccc2c(c1Cc1ccccc1)[N]c1ccccc1-2. The first-order valence-corrected chi connectivity index (χ1v) is 7.30. The van der Waals surface area contributed by atoms with Crippen molar-refractivity contribution in [1.29, 1.82) is 0 Å². The van der Waals surface area contributed by atoms with Gasteiger partial charge in [-0.1, -0.05) is 60.7 Å². The summed E-state index contributed by atoms with van der Waals surface area (Å²) in [5.74, 6) is 0. The van der Waals surface area contributed by atoms with Crippen LogP contribution in [0.2, 0.25) is 0 Å². The summed E-state index contributed by atoms with van der Waals surface area (Å²) in [6.07, 6.45) is 0.938. The highest BCUT2D eigenvalue weighted by atomic mass is 14.9. The van der Waals surface area contributed by atoms with Gasteiger partial charge in [0.25, 0.3) is 0 Å². The van der Waals surface area contributed by atoms with E-state index in [1.807, 2.05) is 0 Å². The zero-order chi connectivity index (χ0) is 14.2. The second-order valence-corrected chi connectivity index (χ2v) is 5.55. The van der Waals surface area contributed by atoms with Crippen LogP contribution >= 0.6 is 0 Å². The Morgan fingerprint density at radius 2 is 1.52 bits per heavy atom. The summed E-state index contributed by atoms with van der Waals surface area (Å²) in [5.41, 5.74) is 8.75. The topological polar surface area (TPSA) is 14.1 Å². The fraction of sp³-hybridized carbons (Fsp3) is 0.100. The molecule has 0 spiro atoms. The Labute approximate surface area is 125 Å². The van der Waals surface area contributed by atoms with E-state index in [1.54, 1.807) is 0 Å². The largest absolute Gasteiger partial charge is 0.247 e. The van der Waals surface area contributed by atoms with Crippen LogP contribution in [0.1, 0.15) is 16.7 Å². The minimum Gasteiger partial charge on any atom is -0.247 e. The first-order valence-electron chi connectivity index (χ1n) is 7.30. The molecule has 0 amide bonds. The van der Waals surface area contributed by atoms with Gasteiger partial charge in [-0.3, -0.25) is 0 Å². The van der Waals surface area contributed by atoms with Gasteiger partial charge in [0, 0.05) is 11.1 Å². The fourth-order valence-corrected chi connectivity index (χ4v) is 3.02. The van der Waals surface area contributed by atoms with Crippen LogP contribution in [0.25, 0.3) is 11.1 Å². The van der Waals surface area contributed by atoms with Gasteiger partial charge in [-0.25, -0.2) is 5.32 Å². The highest BCUT2D eigenvalue weighted by molar-refractivity contribution is 5.92. The first-order chi connectivity index (χ1) is 10.3. The summed E-state index contributed by atoms with van der Waals surface area (Å²) in [4.78, 5) is 0. The van der Waals surface area contributed by atoms with Gasteiger partial charge in [-0.2, -0.15) is 0 Å². The molecule has 0 saturated heterocycles. The van der Waals surface area contributed by atoms with Crippen molar-refractivity contribution >= 4 is 11.4 Å². The standard InChI is InChI=1S/C20H16N/c1-14-11-12-17-16-9-5-6-10-19(16)21-20(17)18(14)13-15-7-3-2-4-8-15/h2-12H,13H2,1H3. The maximum Gasteiger partial charge on any atom is 0.0754 e. The quantitative estimate of drug-likeness (QED) is 0.479. The molecule has 3 aromatic carbocycles. The molecule has 0 bridgehead atoms. The second kappa shape index (κ2) is 4.78. The average molecular weight is 270 g/mol. The molecule has 0 aliphatic carbocycles. The van der Waals surface area contributed by atoms with Crippen LogP contribution in [-0.4, -0.2) is 0 Å². The molecule has 1 heteroatoms. The first kappa shape index (κ1) is 12.2. The zero-order valence-electron chi connectivity index (χ0n) is 12.0. The predicted octanol–water partition coefficient (Wildman–Crippen LogP) is 5.13. The lowest BCUT2D eigenvalue weighted by atomic mass is 9.95. The van der Waals surface area contributed by atoms with E-state index >= 15 is 0 Å². The van der Waals surface area contributed by atoms with Crippen molar-refractivity contribution in [3.05, 3.63) is 83.4 Å². The average Bonchev–Trinajstić information content (AvgIpc) is 2.90. The van der Waals surface area contributed by atoms with Gasteiger partial charge >= 0.3 is 0 Å². The highest BCUT2D eigenvalue weighted by Crippen LogP contribution is 2.45. The molecule has 101 valence electrons. The third-order valence-electron chi connectivity index (χ3n) is 4.17. The molecular formula is C20H16N. The van der Waals surface area contributed by atoms with E-state index in [0.717, 1.165) is 17.8 Å². The van der Waals surface area contributed by atoms with Gasteiger partial charge in [0.1, 0.15) is 0 Å². The summed E-state index contributed by atoms with van der Waals surface area (Å²) in [6.45, 7) is 2.18. The molecule has 1 aliphatic heterocycles. The fourth-order valence-electron chi connectivity index (χ4n) is 3.02. The minimum atomic E-state index is 0.938. The van der Waals surface area contributed by atoms with Gasteiger partial charge in [0.2, 0.25) is 0 Å². The maximum absolute atomic E-state index is 4.87. The molecule has 3 aromatic rings. The summed E-state index contributed by atoms with van der Waals surface area (Å²) < 4.78 is 0. The number of fused-ring (bicyclic) bond motifs is 3. The highest BCUT2D eigenvalue weighted by Gasteiger charge is 2.23. The molecular weight excluding hydrogens is 254 g/mol. The van der Waals surface area contributed by atoms with Crippen molar-refractivity contribution < 1.29 is 0 Å². The Balaban J connectivity index is 1.83. The van der Waals surface area contributed by atoms with Crippen LogP contribution in [0.15, 0.2) is 66.7 Å². The molecule has 1 heterocycles. The van der Waals surface area contributed by atoms with E-state index in [-0.39, 0.29) is 0 Å². The van der Waals surface area contributed by atoms with E-state index in [4.69, 9.17) is 5.32 Å². The van der Waals surface area contributed by atoms with Crippen LogP contribution < -0.4 is 5.32 Å². The number of rotatable bonds is 2. The molecule has 0 saturated carbocycles. The van der Waals surface area contributed by atoms with Crippen molar-refractivity contribution in [2.75, 3.05) is 0 Å². The third-order valence-corrected chi connectivity index (χ3v) is 4.17. The summed E-state index contributed by atoms with van der Waals surface area (Å²) in [5, 5.41) is 4.87. The maximum atomic E-state index is 4.87. The van der Waals surface area contributed by atoms with Crippen LogP contribution in [0.5, 0.6) is 0 Å². The Morgan fingerprint density at radius 1 is 0.762 bits per heavy atom. The number of hydrogen-bond donors (Lipinski definition) is 0. The van der Waals surface area contributed by atoms with Crippen molar-refractivity contribution in [2.45, 2.75) is 13.3 Å². The van der Waals surface area contributed by atoms with E-state index in [0.29, 0.717) is 0 Å². The van der Waals surface area contributed by atoms with Gasteiger partial charge in [-0.05, 0) is 36.1 Å². The molecule has 1 aliphatic rings. The Kier molecular flexibility index (Phi) is 2.78. The van der Waals surface area contributed by atoms with Gasteiger partial charge in [0.15, 0.2) is 0 Å². The number of para-hydroxylation sites is 1. The van der Waals surface area contributed by atoms with Crippen molar-refractivity contribution in [3.8, 4) is 11.1 Å². The molecule has 21 heavy (non-hydrogen) atoms. The number of aryl methyl sites for hydroxylation is 1. The molecule has 0 atom stereocenters. The van der Waals surface area contributed by atoms with Crippen LogP contribution in [0.3, 0.4) is 0 Å². The molecule has 0 fully saturated rings. The van der Waals surface area contributed by atoms with Crippen molar-refractivity contribution in [3.63, 3.8) is 0 Å². The van der Waals surface area contributed by atoms with Crippen LogP contribution in [-0.2, 0) is 6.42 Å². The van der Waals surface area contributed by atoms with E-state index in [1.165, 1.54) is 27.8 Å². The Morgan fingerprint density at radius 3 is 2.38 bits per heavy atom. The normalized spacial score (nSPS) is 11.7. The minimum absolute atomic E-state index is 0.938. The summed E-state index contributed by atoms with van der Waals surface area (Å²) in [7, 11) is 0.